The smallest absolute Gasteiger partial charge is 0.139 e. The van der Waals surface area contributed by atoms with Gasteiger partial charge in [-0.25, -0.2) is 0 Å². The van der Waals surface area contributed by atoms with Gasteiger partial charge in [0.25, 0.3) is 0 Å². The lowest BCUT2D eigenvalue weighted by Gasteiger charge is -2.23. The fourth-order valence-electron chi connectivity index (χ4n) is 1.90. The topological polar surface area (TPSA) is 35.2 Å². The molecule has 2 aromatic rings. The van der Waals surface area contributed by atoms with Crippen molar-refractivity contribution in [2.24, 2.45) is 5.73 Å². The first-order valence-electron chi connectivity index (χ1n) is 6.10. The summed E-state index contributed by atoms with van der Waals surface area (Å²) in [7, 11) is 0. The van der Waals surface area contributed by atoms with Crippen molar-refractivity contribution in [1.82, 2.24) is 0 Å². The molecule has 0 saturated heterocycles. The summed E-state index contributed by atoms with van der Waals surface area (Å²) in [6, 6.07) is 8.14. The van der Waals surface area contributed by atoms with E-state index in [-0.39, 0.29) is 12.1 Å². The summed E-state index contributed by atoms with van der Waals surface area (Å²) >= 11 is 1.67. The van der Waals surface area contributed by atoms with Gasteiger partial charge in [-0.05, 0) is 54.8 Å². The molecule has 2 nitrogen and oxygen atoms in total. The zero-order valence-corrected chi connectivity index (χ0v) is 11.8. The monoisotopic (exact) mass is 261 g/mol. The van der Waals surface area contributed by atoms with Crippen LogP contribution in [0.25, 0.3) is 0 Å². The van der Waals surface area contributed by atoms with E-state index in [1.807, 2.05) is 19.1 Å². The standard InChI is InChI=1S/C15H19NOS/c1-10-5-4-6-14(11(10)2)17-15(12(3)16)13-7-8-18-9-13/h4-9,12,15H,16H2,1-3H3. The number of benzene rings is 1. The second kappa shape index (κ2) is 5.55. The van der Waals surface area contributed by atoms with Crippen molar-refractivity contribution in [3.05, 3.63) is 51.7 Å². The molecule has 0 aliphatic rings. The van der Waals surface area contributed by atoms with Gasteiger partial charge in [0.1, 0.15) is 11.9 Å². The first-order chi connectivity index (χ1) is 8.59. The van der Waals surface area contributed by atoms with Gasteiger partial charge in [0.15, 0.2) is 0 Å². The van der Waals surface area contributed by atoms with Crippen molar-refractivity contribution >= 4 is 11.3 Å². The van der Waals surface area contributed by atoms with Crippen LogP contribution in [0.1, 0.15) is 29.7 Å². The van der Waals surface area contributed by atoms with Crippen molar-refractivity contribution in [2.45, 2.75) is 32.9 Å². The maximum absolute atomic E-state index is 6.11. The minimum atomic E-state index is -0.0863. The molecule has 2 atom stereocenters. The van der Waals surface area contributed by atoms with Crippen molar-refractivity contribution in [1.29, 1.82) is 0 Å². The summed E-state index contributed by atoms with van der Waals surface area (Å²) in [5.74, 6) is 0.920. The van der Waals surface area contributed by atoms with Crippen molar-refractivity contribution in [2.75, 3.05) is 0 Å². The van der Waals surface area contributed by atoms with Gasteiger partial charge in [-0.1, -0.05) is 12.1 Å². The van der Waals surface area contributed by atoms with E-state index in [1.165, 1.54) is 11.1 Å². The van der Waals surface area contributed by atoms with Gasteiger partial charge in [-0.15, -0.1) is 0 Å². The summed E-state index contributed by atoms with van der Waals surface area (Å²) in [5, 5.41) is 4.15. The average Bonchev–Trinajstić information content (AvgIpc) is 2.84. The normalized spacial score (nSPS) is 14.2. The number of thiophene rings is 1. The van der Waals surface area contributed by atoms with Gasteiger partial charge >= 0.3 is 0 Å². The van der Waals surface area contributed by atoms with Gasteiger partial charge < -0.3 is 10.5 Å². The molecule has 0 fully saturated rings. The molecule has 0 aliphatic carbocycles. The number of nitrogens with two attached hydrogens (primary N) is 1. The molecule has 1 aromatic heterocycles. The molecule has 0 bridgehead atoms. The average molecular weight is 261 g/mol. The summed E-state index contributed by atoms with van der Waals surface area (Å²) in [5.41, 5.74) is 9.61. The van der Waals surface area contributed by atoms with Gasteiger partial charge in [0.2, 0.25) is 0 Å². The molecule has 3 heteroatoms. The highest BCUT2D eigenvalue weighted by Crippen LogP contribution is 2.29. The molecule has 2 rings (SSSR count). The van der Waals surface area contributed by atoms with Crippen LogP contribution in [0.2, 0.25) is 0 Å². The number of aryl methyl sites for hydroxylation is 1. The van der Waals surface area contributed by atoms with Crippen molar-refractivity contribution < 1.29 is 4.74 Å². The molecule has 2 unspecified atom stereocenters. The third-order valence-electron chi connectivity index (χ3n) is 3.16. The summed E-state index contributed by atoms with van der Waals surface area (Å²) in [4.78, 5) is 0. The Hall–Kier alpha value is -1.32. The van der Waals surface area contributed by atoms with Crippen molar-refractivity contribution in [3.8, 4) is 5.75 Å². The molecular weight excluding hydrogens is 242 g/mol. The van der Waals surface area contributed by atoms with Crippen molar-refractivity contribution in [3.63, 3.8) is 0 Å². The Morgan fingerprint density at radius 1 is 1.22 bits per heavy atom. The Labute approximate surface area is 112 Å². The summed E-state index contributed by atoms with van der Waals surface area (Å²) < 4.78 is 6.11. The third-order valence-corrected chi connectivity index (χ3v) is 3.86. The first-order valence-corrected chi connectivity index (χ1v) is 7.04. The van der Waals surface area contributed by atoms with E-state index in [0.29, 0.717) is 0 Å². The Morgan fingerprint density at radius 2 is 2.00 bits per heavy atom. The maximum atomic E-state index is 6.11. The van der Waals surface area contributed by atoms with E-state index in [0.717, 1.165) is 11.3 Å². The largest absolute Gasteiger partial charge is 0.484 e. The molecule has 0 radical (unpaired) electrons. The van der Waals surface area contributed by atoms with Crippen LogP contribution >= 0.6 is 11.3 Å². The second-order valence-electron chi connectivity index (χ2n) is 4.65. The van der Waals surface area contributed by atoms with Crippen LogP contribution in [0.15, 0.2) is 35.0 Å². The minimum absolute atomic E-state index is 0.0421. The van der Waals surface area contributed by atoms with Crippen LogP contribution in [0, 0.1) is 13.8 Å². The van der Waals surface area contributed by atoms with Crippen LogP contribution in [-0.4, -0.2) is 6.04 Å². The molecule has 1 heterocycles. The highest BCUT2D eigenvalue weighted by molar-refractivity contribution is 7.07. The second-order valence-corrected chi connectivity index (χ2v) is 5.43. The van der Waals surface area contributed by atoms with Crippen LogP contribution in [-0.2, 0) is 0 Å². The van der Waals surface area contributed by atoms with Gasteiger partial charge in [0, 0.05) is 11.6 Å². The molecule has 0 amide bonds. The molecule has 2 N–H and O–H groups in total. The molecule has 0 spiro atoms. The lowest BCUT2D eigenvalue weighted by Crippen LogP contribution is -2.28. The number of rotatable bonds is 4. The van der Waals surface area contributed by atoms with Gasteiger partial charge in [0.05, 0.1) is 0 Å². The molecule has 18 heavy (non-hydrogen) atoms. The Balaban J connectivity index is 2.27. The molecule has 1 aromatic carbocycles. The fourth-order valence-corrected chi connectivity index (χ4v) is 2.59. The SMILES string of the molecule is Cc1cccc(OC(c2ccsc2)C(C)N)c1C. The quantitative estimate of drug-likeness (QED) is 0.907. The third kappa shape index (κ3) is 2.74. The summed E-state index contributed by atoms with van der Waals surface area (Å²) in [6.45, 7) is 6.15. The zero-order chi connectivity index (χ0) is 13.1. The van der Waals surface area contributed by atoms with E-state index in [4.69, 9.17) is 10.5 Å². The van der Waals surface area contributed by atoms with Crippen LogP contribution in [0.4, 0.5) is 0 Å². The van der Waals surface area contributed by atoms with E-state index in [2.05, 4.69) is 36.7 Å². The van der Waals surface area contributed by atoms with E-state index < -0.39 is 0 Å². The lowest BCUT2D eigenvalue weighted by atomic mass is 10.1. The van der Waals surface area contributed by atoms with Crippen LogP contribution in [0.3, 0.4) is 0 Å². The Bertz CT molecular complexity index is 505. The molecular formula is C15H19NOS. The minimum Gasteiger partial charge on any atom is -0.484 e. The zero-order valence-electron chi connectivity index (χ0n) is 11.0. The van der Waals surface area contributed by atoms with Crippen LogP contribution < -0.4 is 10.5 Å². The summed E-state index contributed by atoms with van der Waals surface area (Å²) in [6.07, 6.45) is -0.0863. The number of hydrogen-bond acceptors (Lipinski definition) is 3. The number of hydrogen-bond donors (Lipinski definition) is 1. The van der Waals surface area contributed by atoms with E-state index in [9.17, 15) is 0 Å². The maximum Gasteiger partial charge on any atom is 0.139 e. The number of ether oxygens (including phenoxy) is 1. The molecule has 0 saturated carbocycles. The highest BCUT2D eigenvalue weighted by Gasteiger charge is 2.19. The molecule has 0 aliphatic heterocycles. The first kappa shape index (κ1) is 13.1. The van der Waals surface area contributed by atoms with E-state index >= 15 is 0 Å². The fraction of sp³-hybridized carbons (Fsp3) is 0.333. The van der Waals surface area contributed by atoms with Crippen LogP contribution in [0.5, 0.6) is 5.75 Å². The Kier molecular flexibility index (Phi) is 4.04. The van der Waals surface area contributed by atoms with E-state index in [1.54, 1.807) is 11.3 Å². The lowest BCUT2D eigenvalue weighted by molar-refractivity contribution is 0.179. The molecule has 96 valence electrons. The predicted octanol–water partition coefficient (Wildman–Crippen LogP) is 3.83. The predicted molar refractivity (Wildman–Crippen MR) is 77.3 cm³/mol. The Morgan fingerprint density at radius 3 is 2.61 bits per heavy atom. The highest BCUT2D eigenvalue weighted by atomic mass is 32.1. The van der Waals surface area contributed by atoms with Gasteiger partial charge in [-0.3, -0.25) is 0 Å². The van der Waals surface area contributed by atoms with Gasteiger partial charge in [-0.2, -0.15) is 11.3 Å².